The largest absolute Gasteiger partial charge is 0.493 e. The van der Waals surface area contributed by atoms with Gasteiger partial charge in [0.05, 0.1) is 19.9 Å². The van der Waals surface area contributed by atoms with Crippen molar-refractivity contribution in [1.29, 1.82) is 0 Å². The lowest BCUT2D eigenvalue weighted by Gasteiger charge is -2.12. The normalized spacial score (nSPS) is 12.3. The maximum atomic E-state index is 12.5. The molecule has 0 aromatic heterocycles. The Morgan fingerprint density at radius 3 is 2.00 bits per heavy atom. The monoisotopic (exact) mass is 329 g/mol. The number of benzene rings is 2. The topological polar surface area (TPSA) is 32.7 Å². The van der Waals surface area contributed by atoms with Crippen molar-refractivity contribution in [3.63, 3.8) is 0 Å². The Kier molecular flexibility index (Phi) is 6.82. The predicted octanol–water partition coefficient (Wildman–Crippen LogP) is 3.88. The second kappa shape index (κ2) is 9.08. The minimum atomic E-state index is -0.579. The number of rotatable bonds is 8. The van der Waals surface area contributed by atoms with Crippen molar-refractivity contribution in [3.8, 4) is 5.75 Å². The van der Waals surface area contributed by atoms with E-state index in [0.29, 0.717) is 5.75 Å². The minimum absolute atomic E-state index is 0.181. The van der Waals surface area contributed by atoms with Crippen molar-refractivity contribution in [2.75, 3.05) is 38.9 Å². The molecule has 2 aromatic rings. The van der Waals surface area contributed by atoms with Crippen molar-refractivity contribution < 1.29 is 14.2 Å². The van der Waals surface area contributed by atoms with Crippen LogP contribution in [0.5, 0.6) is 5.75 Å². The van der Waals surface area contributed by atoms with Crippen LogP contribution in [-0.2, 0) is 0 Å². The Morgan fingerprint density at radius 2 is 1.54 bits per heavy atom. The number of aliphatic hydroxyl groups is 1. The molecule has 3 nitrogen and oxygen atoms in total. The van der Waals surface area contributed by atoms with Gasteiger partial charge in [-0.15, -0.1) is 0 Å². The summed E-state index contributed by atoms with van der Waals surface area (Å²) in [6.45, 7) is -0.603. The van der Waals surface area contributed by atoms with Crippen LogP contribution in [0.1, 0.15) is 11.1 Å². The van der Waals surface area contributed by atoms with Crippen LogP contribution >= 0.6 is 0 Å². The molecular formula is C20H24FNO2. The van der Waals surface area contributed by atoms with Gasteiger partial charge in [-0.3, -0.25) is 4.39 Å². The van der Waals surface area contributed by atoms with Gasteiger partial charge in [0, 0.05) is 25.7 Å². The van der Waals surface area contributed by atoms with Crippen molar-refractivity contribution in [3.05, 3.63) is 59.7 Å². The number of anilines is 1. The van der Waals surface area contributed by atoms with Gasteiger partial charge in [0.25, 0.3) is 0 Å². The molecule has 0 radical (unpaired) electrons. The molecule has 0 spiro atoms. The molecule has 0 saturated carbocycles. The molecule has 1 N–H and O–H groups in total. The quantitative estimate of drug-likeness (QED) is 0.746. The van der Waals surface area contributed by atoms with E-state index in [-0.39, 0.29) is 13.2 Å². The van der Waals surface area contributed by atoms with Crippen LogP contribution in [-0.4, -0.2) is 39.1 Å². The van der Waals surface area contributed by atoms with E-state index in [1.54, 1.807) is 0 Å². The van der Waals surface area contributed by atoms with Crippen molar-refractivity contribution in [2.24, 2.45) is 5.92 Å². The first-order chi connectivity index (χ1) is 11.6. The molecule has 0 amide bonds. The highest BCUT2D eigenvalue weighted by molar-refractivity contribution is 5.70. The second-order valence-corrected chi connectivity index (χ2v) is 5.90. The number of nitrogens with zero attached hydrogens (tertiary/aromatic N) is 1. The lowest BCUT2D eigenvalue weighted by Crippen LogP contribution is -2.17. The Bertz CT molecular complexity index is 632. The van der Waals surface area contributed by atoms with Gasteiger partial charge >= 0.3 is 0 Å². The van der Waals surface area contributed by atoms with Crippen LogP contribution in [0, 0.1) is 5.92 Å². The zero-order valence-corrected chi connectivity index (χ0v) is 14.2. The molecule has 2 aromatic carbocycles. The van der Waals surface area contributed by atoms with Crippen molar-refractivity contribution in [1.82, 2.24) is 0 Å². The SMILES string of the molecule is CN(C)c1ccc(C=Cc2ccc(OCC(CO)CF)cc2)cc1. The van der Waals surface area contributed by atoms with E-state index in [0.717, 1.165) is 11.1 Å². The molecule has 0 aliphatic carbocycles. The van der Waals surface area contributed by atoms with Crippen molar-refractivity contribution in [2.45, 2.75) is 0 Å². The van der Waals surface area contributed by atoms with Crippen molar-refractivity contribution >= 4 is 17.8 Å². The summed E-state index contributed by atoms with van der Waals surface area (Å²) >= 11 is 0. The van der Waals surface area contributed by atoms with Crippen LogP contribution in [0.25, 0.3) is 12.2 Å². The number of aliphatic hydroxyl groups excluding tert-OH is 1. The molecule has 2 rings (SSSR count). The number of hydrogen-bond donors (Lipinski definition) is 1. The van der Waals surface area contributed by atoms with E-state index in [2.05, 4.69) is 35.2 Å². The van der Waals surface area contributed by atoms with E-state index in [1.165, 1.54) is 5.69 Å². The fourth-order valence-corrected chi connectivity index (χ4v) is 2.11. The molecule has 4 heteroatoms. The summed E-state index contributed by atoms with van der Waals surface area (Å²) < 4.78 is 18.0. The highest BCUT2D eigenvalue weighted by Crippen LogP contribution is 2.17. The fraction of sp³-hybridized carbons (Fsp3) is 0.300. The summed E-state index contributed by atoms with van der Waals surface area (Å²) in [5, 5.41) is 8.94. The van der Waals surface area contributed by atoms with Gasteiger partial charge in [-0.05, 0) is 35.4 Å². The summed E-state index contributed by atoms with van der Waals surface area (Å²) in [5.41, 5.74) is 3.36. The van der Waals surface area contributed by atoms with Gasteiger partial charge in [0.1, 0.15) is 5.75 Å². The molecule has 0 bridgehead atoms. The summed E-state index contributed by atoms with van der Waals surface area (Å²) in [6.07, 6.45) is 4.09. The Labute approximate surface area is 143 Å². The standard InChI is InChI=1S/C20H24FNO2/c1-22(2)19-9-5-16(6-10-19)3-4-17-7-11-20(12-8-17)24-15-18(13-21)14-23/h3-12,18,23H,13-15H2,1-2H3. The Hall–Kier alpha value is -2.33. The lowest BCUT2D eigenvalue weighted by atomic mass is 10.1. The molecule has 1 unspecified atom stereocenters. The van der Waals surface area contributed by atoms with Gasteiger partial charge < -0.3 is 14.7 Å². The third-order valence-electron chi connectivity index (χ3n) is 3.72. The van der Waals surface area contributed by atoms with E-state index >= 15 is 0 Å². The third kappa shape index (κ3) is 5.39. The van der Waals surface area contributed by atoms with E-state index in [1.807, 2.05) is 44.4 Å². The van der Waals surface area contributed by atoms with Gasteiger partial charge in [-0.1, -0.05) is 36.4 Å². The van der Waals surface area contributed by atoms with Crippen LogP contribution in [0.4, 0.5) is 10.1 Å². The molecule has 128 valence electrons. The predicted molar refractivity (Wildman–Crippen MR) is 98.2 cm³/mol. The molecule has 0 heterocycles. The first-order valence-corrected chi connectivity index (χ1v) is 7.97. The smallest absolute Gasteiger partial charge is 0.119 e. The number of alkyl halides is 1. The number of hydrogen-bond acceptors (Lipinski definition) is 3. The zero-order valence-electron chi connectivity index (χ0n) is 14.2. The summed E-state index contributed by atoms with van der Waals surface area (Å²) in [4.78, 5) is 2.07. The maximum Gasteiger partial charge on any atom is 0.119 e. The van der Waals surface area contributed by atoms with Crippen LogP contribution < -0.4 is 9.64 Å². The third-order valence-corrected chi connectivity index (χ3v) is 3.72. The molecule has 0 fully saturated rings. The van der Waals surface area contributed by atoms with E-state index in [4.69, 9.17) is 9.84 Å². The van der Waals surface area contributed by atoms with E-state index < -0.39 is 12.6 Å². The highest BCUT2D eigenvalue weighted by atomic mass is 19.1. The Morgan fingerprint density at radius 1 is 1.00 bits per heavy atom. The van der Waals surface area contributed by atoms with Gasteiger partial charge in [-0.25, -0.2) is 0 Å². The summed E-state index contributed by atoms with van der Waals surface area (Å²) in [7, 11) is 4.04. The molecule has 1 atom stereocenters. The Balaban J connectivity index is 1.93. The number of halogens is 1. The molecular weight excluding hydrogens is 305 g/mol. The first-order valence-electron chi connectivity index (χ1n) is 7.97. The first kappa shape index (κ1) is 18.0. The average molecular weight is 329 g/mol. The second-order valence-electron chi connectivity index (χ2n) is 5.90. The lowest BCUT2D eigenvalue weighted by molar-refractivity contribution is 0.140. The number of ether oxygens (including phenoxy) is 1. The molecule has 0 saturated heterocycles. The molecule has 0 aliphatic rings. The zero-order chi connectivity index (χ0) is 17.4. The van der Waals surface area contributed by atoms with Gasteiger partial charge in [0.2, 0.25) is 0 Å². The maximum absolute atomic E-state index is 12.5. The summed E-state index contributed by atoms with van der Waals surface area (Å²) in [5.74, 6) is 0.212. The molecule has 0 aliphatic heterocycles. The van der Waals surface area contributed by atoms with Gasteiger partial charge in [-0.2, -0.15) is 0 Å². The van der Waals surface area contributed by atoms with Crippen LogP contribution in [0.3, 0.4) is 0 Å². The molecule has 24 heavy (non-hydrogen) atoms. The average Bonchev–Trinajstić information content (AvgIpc) is 2.62. The fourth-order valence-electron chi connectivity index (χ4n) is 2.11. The minimum Gasteiger partial charge on any atom is -0.493 e. The van der Waals surface area contributed by atoms with Crippen LogP contribution in [0.15, 0.2) is 48.5 Å². The van der Waals surface area contributed by atoms with Crippen LogP contribution in [0.2, 0.25) is 0 Å². The van der Waals surface area contributed by atoms with E-state index in [9.17, 15) is 4.39 Å². The van der Waals surface area contributed by atoms with Gasteiger partial charge in [0.15, 0.2) is 0 Å². The highest BCUT2D eigenvalue weighted by Gasteiger charge is 2.07. The summed E-state index contributed by atoms with van der Waals surface area (Å²) in [6, 6.07) is 15.9.